The molecule has 1 N–H and O–H groups in total. The third kappa shape index (κ3) is 4.57. The summed E-state index contributed by atoms with van der Waals surface area (Å²) >= 11 is 5.85. The molecule has 3 rings (SSSR count). The van der Waals surface area contributed by atoms with Crippen LogP contribution in [0.1, 0.15) is 29.3 Å². The number of nitrogens with one attached hydrogen (secondary N) is 1. The van der Waals surface area contributed by atoms with E-state index in [9.17, 15) is 35.9 Å². The molecule has 0 aliphatic heterocycles. The number of alkyl halides is 6. The van der Waals surface area contributed by atoms with Crippen LogP contribution in [-0.4, -0.2) is 27.7 Å². The van der Waals surface area contributed by atoms with Gasteiger partial charge in [0, 0.05) is 6.20 Å². The lowest BCUT2D eigenvalue weighted by atomic mass is 10.1. The molecule has 0 fully saturated rings. The Balaban J connectivity index is 2.29. The molecule has 1 aromatic carbocycles. The van der Waals surface area contributed by atoms with E-state index in [4.69, 9.17) is 11.6 Å². The predicted octanol–water partition coefficient (Wildman–Crippen LogP) is 5.13. The number of halogens is 7. The molecule has 0 aliphatic rings. The minimum absolute atomic E-state index is 0.143. The van der Waals surface area contributed by atoms with Crippen LogP contribution in [-0.2, 0) is 6.18 Å². The SMILES string of the molecule is CC[C@@H](NC(=O)c1cn(-c2ccccc2C(F)(F)F)c2nc(Cl)ccc2c1=O)C(F)(F)F. The van der Waals surface area contributed by atoms with Gasteiger partial charge < -0.3 is 5.32 Å². The van der Waals surface area contributed by atoms with E-state index in [1.54, 1.807) is 5.32 Å². The molecule has 3 aromatic rings. The maximum absolute atomic E-state index is 13.6. The minimum Gasteiger partial charge on any atom is -0.340 e. The molecule has 1 amide bonds. The summed E-state index contributed by atoms with van der Waals surface area (Å²) in [6, 6.07) is 4.34. The number of aromatic nitrogens is 2. The van der Waals surface area contributed by atoms with Gasteiger partial charge in [-0.15, -0.1) is 0 Å². The Bertz CT molecular complexity index is 1240. The lowest BCUT2D eigenvalue weighted by molar-refractivity contribution is -0.153. The third-order valence-electron chi connectivity index (χ3n) is 4.64. The highest BCUT2D eigenvalue weighted by Crippen LogP contribution is 2.34. The molecule has 2 heterocycles. The van der Waals surface area contributed by atoms with Crippen molar-refractivity contribution in [2.75, 3.05) is 0 Å². The third-order valence-corrected chi connectivity index (χ3v) is 4.85. The average Bonchev–Trinajstić information content (AvgIpc) is 2.70. The molecule has 2 aromatic heterocycles. The standard InChI is InChI=1S/C20H14ClF6N3O2/c1-2-14(20(25,26)27)28-18(32)11-9-30(13-6-4-3-5-12(13)19(22,23)24)17-10(16(11)31)7-8-15(21)29-17/h3-9,14H,2H2,1H3,(H,28,32)/t14-/m1/s1. The summed E-state index contributed by atoms with van der Waals surface area (Å²) in [6.07, 6.45) is -9.36. The topological polar surface area (TPSA) is 64.0 Å². The van der Waals surface area contributed by atoms with Gasteiger partial charge in [-0.05, 0) is 30.7 Å². The average molecular weight is 478 g/mol. The zero-order valence-corrected chi connectivity index (χ0v) is 16.9. The highest BCUT2D eigenvalue weighted by atomic mass is 35.5. The van der Waals surface area contributed by atoms with Crippen LogP contribution < -0.4 is 10.7 Å². The quantitative estimate of drug-likeness (QED) is 0.418. The van der Waals surface area contributed by atoms with Crippen LogP contribution in [0, 0.1) is 0 Å². The number of fused-ring (bicyclic) bond motifs is 1. The summed E-state index contributed by atoms with van der Waals surface area (Å²) in [5.74, 6) is -1.38. The molecule has 1 atom stereocenters. The lowest BCUT2D eigenvalue weighted by Gasteiger charge is -2.21. The number of nitrogens with zero attached hydrogens (tertiary/aromatic N) is 2. The molecule has 0 saturated heterocycles. The molecule has 0 unspecified atom stereocenters. The van der Waals surface area contributed by atoms with Gasteiger partial charge in [0.05, 0.1) is 16.6 Å². The summed E-state index contributed by atoms with van der Waals surface area (Å²) < 4.78 is 80.8. The van der Waals surface area contributed by atoms with Crippen LogP contribution in [0.4, 0.5) is 26.3 Å². The largest absolute Gasteiger partial charge is 0.418 e. The Morgan fingerprint density at radius 2 is 1.78 bits per heavy atom. The number of amides is 1. The Labute approximate surface area is 181 Å². The number of para-hydroxylation sites is 1. The first kappa shape index (κ1) is 23.6. The molecular weight excluding hydrogens is 464 g/mol. The zero-order chi connectivity index (χ0) is 23.8. The number of hydrogen-bond donors (Lipinski definition) is 1. The van der Waals surface area contributed by atoms with E-state index in [2.05, 4.69) is 4.98 Å². The molecule has 0 radical (unpaired) electrons. The van der Waals surface area contributed by atoms with Crippen LogP contribution >= 0.6 is 11.6 Å². The van der Waals surface area contributed by atoms with Gasteiger partial charge in [0.15, 0.2) is 0 Å². The molecule has 0 spiro atoms. The van der Waals surface area contributed by atoms with Gasteiger partial charge in [-0.25, -0.2) is 4.98 Å². The Morgan fingerprint density at radius 1 is 1.12 bits per heavy atom. The summed E-state index contributed by atoms with van der Waals surface area (Å²) in [5, 5.41) is 1.28. The maximum Gasteiger partial charge on any atom is 0.418 e. The second-order valence-electron chi connectivity index (χ2n) is 6.74. The monoisotopic (exact) mass is 477 g/mol. The van der Waals surface area contributed by atoms with E-state index >= 15 is 0 Å². The van der Waals surface area contributed by atoms with Gasteiger partial charge in [-0.2, -0.15) is 26.3 Å². The fourth-order valence-corrected chi connectivity index (χ4v) is 3.24. The van der Waals surface area contributed by atoms with Gasteiger partial charge in [-0.1, -0.05) is 30.7 Å². The Hall–Kier alpha value is -3.08. The van der Waals surface area contributed by atoms with Crippen LogP contribution in [0.5, 0.6) is 0 Å². The zero-order valence-electron chi connectivity index (χ0n) is 16.2. The highest BCUT2D eigenvalue weighted by Gasteiger charge is 2.40. The predicted molar refractivity (Wildman–Crippen MR) is 105 cm³/mol. The smallest absolute Gasteiger partial charge is 0.340 e. The first-order valence-electron chi connectivity index (χ1n) is 9.10. The van der Waals surface area contributed by atoms with Crippen molar-refractivity contribution < 1.29 is 31.1 Å². The van der Waals surface area contributed by atoms with Crippen molar-refractivity contribution in [3.63, 3.8) is 0 Å². The van der Waals surface area contributed by atoms with Crippen molar-refractivity contribution in [1.29, 1.82) is 0 Å². The number of rotatable bonds is 4. The van der Waals surface area contributed by atoms with E-state index in [-0.39, 0.29) is 16.2 Å². The number of carbonyl (C=O) groups excluding carboxylic acids is 1. The van der Waals surface area contributed by atoms with Crippen molar-refractivity contribution in [2.24, 2.45) is 0 Å². The molecule has 0 saturated carbocycles. The minimum atomic E-state index is -4.81. The second kappa shape index (κ2) is 8.45. The van der Waals surface area contributed by atoms with E-state index in [0.29, 0.717) is 0 Å². The van der Waals surface area contributed by atoms with Crippen LogP contribution in [0.3, 0.4) is 0 Å². The van der Waals surface area contributed by atoms with Gasteiger partial charge >= 0.3 is 12.4 Å². The van der Waals surface area contributed by atoms with Gasteiger partial charge in [0.1, 0.15) is 22.4 Å². The number of pyridine rings is 2. The van der Waals surface area contributed by atoms with E-state index in [1.165, 1.54) is 19.1 Å². The van der Waals surface area contributed by atoms with Crippen LogP contribution in [0.2, 0.25) is 5.15 Å². The number of carbonyl (C=O) groups is 1. The molecule has 0 aliphatic carbocycles. The fraction of sp³-hybridized carbons (Fsp3) is 0.250. The summed E-state index contributed by atoms with van der Waals surface area (Å²) in [6.45, 7) is 1.18. The van der Waals surface area contributed by atoms with Gasteiger partial charge in [-0.3, -0.25) is 14.2 Å². The molecule has 0 bridgehead atoms. The normalized spacial score (nSPS) is 13.2. The number of benzene rings is 1. The first-order valence-corrected chi connectivity index (χ1v) is 9.48. The molecule has 12 heteroatoms. The summed E-state index contributed by atoms with van der Waals surface area (Å²) in [4.78, 5) is 29.3. The number of hydrogen-bond acceptors (Lipinski definition) is 3. The van der Waals surface area contributed by atoms with Gasteiger partial charge in [0.2, 0.25) is 5.43 Å². The molecule has 170 valence electrons. The van der Waals surface area contributed by atoms with E-state index in [0.717, 1.165) is 35.0 Å². The van der Waals surface area contributed by atoms with Crippen molar-refractivity contribution in [3.05, 3.63) is 69.1 Å². The fourth-order valence-electron chi connectivity index (χ4n) is 3.10. The maximum atomic E-state index is 13.6. The Kier molecular flexibility index (Phi) is 6.23. The van der Waals surface area contributed by atoms with Crippen molar-refractivity contribution in [2.45, 2.75) is 31.7 Å². The summed E-state index contributed by atoms with van der Waals surface area (Å²) in [5.41, 5.74) is -3.67. The van der Waals surface area contributed by atoms with Crippen molar-refractivity contribution in [1.82, 2.24) is 14.9 Å². The van der Waals surface area contributed by atoms with Gasteiger partial charge in [0.25, 0.3) is 5.91 Å². The van der Waals surface area contributed by atoms with Crippen molar-refractivity contribution >= 4 is 28.5 Å². The summed E-state index contributed by atoms with van der Waals surface area (Å²) in [7, 11) is 0. The first-order chi connectivity index (χ1) is 14.8. The van der Waals surface area contributed by atoms with Crippen LogP contribution in [0.25, 0.3) is 16.7 Å². The van der Waals surface area contributed by atoms with Crippen LogP contribution in [0.15, 0.2) is 47.4 Å². The lowest BCUT2D eigenvalue weighted by Crippen LogP contribution is -2.46. The molecular formula is C20H14ClF6N3O2. The van der Waals surface area contributed by atoms with Crippen molar-refractivity contribution in [3.8, 4) is 5.69 Å². The highest BCUT2D eigenvalue weighted by molar-refractivity contribution is 6.29. The Morgan fingerprint density at radius 3 is 2.38 bits per heavy atom. The van der Waals surface area contributed by atoms with E-state index < -0.39 is 53.0 Å². The van der Waals surface area contributed by atoms with E-state index in [1.807, 2.05) is 0 Å². The molecule has 5 nitrogen and oxygen atoms in total. The second-order valence-corrected chi connectivity index (χ2v) is 7.13. The molecule has 32 heavy (non-hydrogen) atoms.